The lowest BCUT2D eigenvalue weighted by atomic mass is 9.90. The van der Waals surface area contributed by atoms with E-state index in [1.54, 1.807) is 11.6 Å². The summed E-state index contributed by atoms with van der Waals surface area (Å²) in [6.45, 7) is 3.16. The highest BCUT2D eigenvalue weighted by molar-refractivity contribution is 5.94. The molecule has 26 heavy (non-hydrogen) atoms. The average molecular weight is 352 g/mol. The summed E-state index contributed by atoms with van der Waals surface area (Å²) in [4.78, 5) is 17.1. The smallest absolute Gasteiger partial charge is 0.229 e. The highest BCUT2D eigenvalue weighted by atomic mass is 16.5. The second kappa shape index (κ2) is 6.72. The number of amides is 1. The fourth-order valence-corrected chi connectivity index (χ4v) is 3.32. The number of nitrogens with one attached hydrogen (secondary N) is 2. The van der Waals surface area contributed by atoms with Gasteiger partial charge < -0.3 is 15.2 Å². The maximum atomic E-state index is 12.8. The van der Waals surface area contributed by atoms with Crippen molar-refractivity contribution < 1.29 is 9.32 Å². The first-order valence-electron chi connectivity index (χ1n) is 8.51. The van der Waals surface area contributed by atoms with E-state index in [2.05, 4.69) is 25.9 Å². The zero-order valence-corrected chi connectivity index (χ0v) is 14.6. The first kappa shape index (κ1) is 16.5. The zero-order chi connectivity index (χ0) is 18.1. The van der Waals surface area contributed by atoms with Gasteiger partial charge >= 0.3 is 0 Å². The van der Waals surface area contributed by atoms with Gasteiger partial charge in [-0.2, -0.15) is 10.1 Å². The molecule has 0 saturated carbocycles. The van der Waals surface area contributed by atoms with Gasteiger partial charge in [-0.1, -0.05) is 17.3 Å². The van der Waals surface area contributed by atoms with Crippen LogP contribution in [0.2, 0.25) is 0 Å². The Hall–Kier alpha value is -3.00. The summed E-state index contributed by atoms with van der Waals surface area (Å²) in [5.74, 6) is 0.979. The third-order valence-electron chi connectivity index (χ3n) is 4.62. The van der Waals surface area contributed by atoms with E-state index in [1.807, 2.05) is 43.7 Å². The van der Waals surface area contributed by atoms with Crippen LogP contribution in [0.3, 0.4) is 0 Å². The van der Waals surface area contributed by atoms with Crippen molar-refractivity contribution in [2.24, 2.45) is 13.0 Å². The van der Waals surface area contributed by atoms with E-state index in [0.717, 1.165) is 17.7 Å². The molecule has 1 amide bonds. The van der Waals surface area contributed by atoms with Crippen molar-refractivity contribution in [3.63, 3.8) is 0 Å². The minimum Gasteiger partial charge on any atom is -0.339 e. The summed E-state index contributed by atoms with van der Waals surface area (Å²) in [6.07, 6.45) is 3.80. The second-order valence-electron chi connectivity index (χ2n) is 6.53. The van der Waals surface area contributed by atoms with Crippen LogP contribution in [0.1, 0.15) is 17.4 Å². The summed E-state index contributed by atoms with van der Waals surface area (Å²) in [5, 5.41) is 14.5. The summed E-state index contributed by atoms with van der Waals surface area (Å²) < 4.78 is 6.78. The van der Waals surface area contributed by atoms with E-state index < -0.39 is 0 Å². The van der Waals surface area contributed by atoms with Gasteiger partial charge in [0.15, 0.2) is 0 Å². The summed E-state index contributed by atoms with van der Waals surface area (Å²) >= 11 is 0. The van der Waals surface area contributed by atoms with E-state index >= 15 is 0 Å². The van der Waals surface area contributed by atoms with Gasteiger partial charge in [0.05, 0.1) is 12.1 Å². The van der Waals surface area contributed by atoms with Gasteiger partial charge in [-0.3, -0.25) is 9.48 Å². The molecule has 0 bridgehead atoms. The number of carbonyl (C=O) groups is 1. The van der Waals surface area contributed by atoms with Crippen molar-refractivity contribution >= 4 is 11.6 Å². The summed E-state index contributed by atoms with van der Waals surface area (Å²) in [7, 11) is 1.88. The van der Waals surface area contributed by atoms with Crippen LogP contribution >= 0.6 is 0 Å². The normalized spacial score (nSPS) is 19.6. The Kier molecular flexibility index (Phi) is 4.26. The minimum absolute atomic E-state index is 0.00899. The maximum Gasteiger partial charge on any atom is 0.229 e. The van der Waals surface area contributed by atoms with E-state index in [0.29, 0.717) is 23.9 Å². The fraction of sp³-hybridized carbons (Fsp3) is 0.333. The molecule has 1 fully saturated rings. The number of benzene rings is 1. The van der Waals surface area contributed by atoms with Gasteiger partial charge in [0.1, 0.15) is 0 Å². The Morgan fingerprint density at radius 2 is 2.27 bits per heavy atom. The van der Waals surface area contributed by atoms with Crippen molar-refractivity contribution in [3.05, 3.63) is 48.1 Å². The monoisotopic (exact) mass is 352 g/mol. The molecule has 134 valence electrons. The van der Waals surface area contributed by atoms with E-state index in [4.69, 9.17) is 4.52 Å². The molecule has 1 saturated heterocycles. The lowest BCUT2D eigenvalue weighted by Crippen LogP contribution is -2.28. The van der Waals surface area contributed by atoms with Crippen LogP contribution < -0.4 is 10.6 Å². The second-order valence-corrected chi connectivity index (χ2v) is 6.53. The highest BCUT2D eigenvalue weighted by Gasteiger charge is 2.34. The van der Waals surface area contributed by atoms with E-state index in [9.17, 15) is 4.79 Å². The van der Waals surface area contributed by atoms with Crippen molar-refractivity contribution in [1.82, 2.24) is 25.2 Å². The van der Waals surface area contributed by atoms with Gasteiger partial charge in [0, 0.05) is 50.4 Å². The van der Waals surface area contributed by atoms with Crippen molar-refractivity contribution in [2.75, 3.05) is 18.4 Å². The van der Waals surface area contributed by atoms with Crippen LogP contribution in [-0.4, -0.2) is 38.9 Å². The maximum absolute atomic E-state index is 12.8. The number of aryl methyl sites for hydroxylation is 2. The standard InChI is InChI=1S/C18H20N6O2/c1-11-21-17(23-26-11)12-4-3-5-14(6-12)22-18(25)16-9-19-8-15(16)13-7-20-24(2)10-13/h3-7,10,15-16,19H,8-9H2,1-2H3,(H,22,25)/t15-,16+/m1/s1. The quantitative estimate of drug-likeness (QED) is 0.742. The predicted molar refractivity (Wildman–Crippen MR) is 95.4 cm³/mol. The third-order valence-corrected chi connectivity index (χ3v) is 4.62. The van der Waals surface area contributed by atoms with Crippen LogP contribution in [-0.2, 0) is 11.8 Å². The fourth-order valence-electron chi connectivity index (χ4n) is 3.32. The molecule has 8 heteroatoms. The molecule has 8 nitrogen and oxygen atoms in total. The summed E-state index contributed by atoms with van der Waals surface area (Å²) in [6, 6.07) is 7.46. The Bertz CT molecular complexity index is 931. The molecule has 0 unspecified atom stereocenters. The molecule has 4 rings (SSSR count). The molecule has 0 radical (unpaired) electrons. The zero-order valence-electron chi connectivity index (χ0n) is 14.6. The minimum atomic E-state index is -0.143. The number of anilines is 1. The van der Waals surface area contributed by atoms with Gasteiger partial charge in [0.25, 0.3) is 0 Å². The molecule has 1 aromatic carbocycles. The number of hydrogen-bond donors (Lipinski definition) is 2. The van der Waals surface area contributed by atoms with Gasteiger partial charge in [-0.05, 0) is 17.7 Å². The molecule has 0 aliphatic carbocycles. The molecule has 0 spiro atoms. The highest BCUT2D eigenvalue weighted by Crippen LogP contribution is 2.29. The van der Waals surface area contributed by atoms with Crippen molar-refractivity contribution in [3.8, 4) is 11.4 Å². The van der Waals surface area contributed by atoms with Gasteiger partial charge in [-0.25, -0.2) is 0 Å². The SMILES string of the molecule is Cc1nc(-c2cccc(NC(=O)[C@H]3CNC[C@@H]3c3cnn(C)c3)c2)no1. The number of hydrogen-bond acceptors (Lipinski definition) is 6. The van der Waals surface area contributed by atoms with Crippen LogP contribution in [0, 0.1) is 12.8 Å². The number of carbonyl (C=O) groups excluding carboxylic acids is 1. The first-order chi connectivity index (χ1) is 12.6. The molecule has 3 aromatic rings. The number of nitrogens with zero attached hydrogens (tertiary/aromatic N) is 4. The van der Waals surface area contributed by atoms with Crippen LogP contribution in [0.25, 0.3) is 11.4 Å². The predicted octanol–water partition coefficient (Wildman–Crippen LogP) is 1.72. The Labute approximate surface area is 150 Å². The molecule has 1 aliphatic heterocycles. The van der Waals surface area contributed by atoms with Crippen molar-refractivity contribution in [2.45, 2.75) is 12.8 Å². The van der Waals surface area contributed by atoms with E-state index in [1.165, 1.54) is 0 Å². The Balaban J connectivity index is 1.51. The first-order valence-corrected chi connectivity index (χ1v) is 8.51. The molecule has 2 N–H and O–H groups in total. The molecule has 3 heterocycles. The Morgan fingerprint density at radius 3 is 3.00 bits per heavy atom. The van der Waals surface area contributed by atoms with Crippen LogP contribution in [0.15, 0.2) is 41.2 Å². The molecule has 2 aromatic heterocycles. The lowest BCUT2D eigenvalue weighted by Gasteiger charge is -2.17. The summed E-state index contributed by atoms with van der Waals surface area (Å²) in [5.41, 5.74) is 2.59. The molecular formula is C18H20N6O2. The molecular weight excluding hydrogens is 332 g/mol. The lowest BCUT2D eigenvalue weighted by molar-refractivity contribution is -0.119. The number of aromatic nitrogens is 4. The van der Waals surface area contributed by atoms with Crippen molar-refractivity contribution in [1.29, 1.82) is 0 Å². The molecule has 1 aliphatic rings. The van der Waals surface area contributed by atoms with E-state index in [-0.39, 0.29) is 17.7 Å². The van der Waals surface area contributed by atoms with Gasteiger partial charge in [0.2, 0.25) is 17.6 Å². The third kappa shape index (κ3) is 3.23. The topological polar surface area (TPSA) is 97.9 Å². The number of rotatable bonds is 4. The molecule has 2 atom stereocenters. The average Bonchev–Trinajstić information content (AvgIpc) is 3.35. The van der Waals surface area contributed by atoms with Crippen LogP contribution in [0.5, 0.6) is 0 Å². The largest absolute Gasteiger partial charge is 0.339 e. The van der Waals surface area contributed by atoms with Crippen LogP contribution in [0.4, 0.5) is 5.69 Å². The van der Waals surface area contributed by atoms with Gasteiger partial charge in [-0.15, -0.1) is 0 Å². The Morgan fingerprint density at radius 1 is 1.38 bits per heavy atom.